The summed E-state index contributed by atoms with van der Waals surface area (Å²) >= 11 is 5.99. The minimum Gasteiger partial charge on any atom is -0.454 e. The molecule has 1 amide bonds. The van der Waals surface area contributed by atoms with Gasteiger partial charge in [-0.15, -0.1) is 0 Å². The second-order valence-electron chi connectivity index (χ2n) is 6.43. The smallest absolute Gasteiger partial charge is 0.344 e. The fourth-order valence-electron chi connectivity index (χ4n) is 2.70. The summed E-state index contributed by atoms with van der Waals surface area (Å²) in [4.78, 5) is 42.3. The summed E-state index contributed by atoms with van der Waals surface area (Å²) in [6, 6.07) is 6.46. The van der Waals surface area contributed by atoms with Crippen LogP contribution in [0.2, 0.25) is 5.02 Å². The zero-order valence-electron chi connectivity index (χ0n) is 16.7. The SMILES string of the molecule is CC/C(N)=C(\C(=O)OCC(=O)c1ccccc1Cl)C(N)=NCCN1CCOCC1=O. The van der Waals surface area contributed by atoms with Crippen molar-refractivity contribution in [2.45, 2.75) is 13.3 Å². The number of carbonyl (C=O) groups is 3. The molecule has 2 rings (SSSR count). The van der Waals surface area contributed by atoms with Crippen molar-refractivity contribution < 1.29 is 23.9 Å². The molecule has 0 radical (unpaired) electrons. The van der Waals surface area contributed by atoms with Crippen molar-refractivity contribution in [1.82, 2.24) is 4.90 Å². The number of nitrogens with two attached hydrogens (primary N) is 2. The molecule has 9 nitrogen and oxygen atoms in total. The molecule has 0 spiro atoms. The number of benzene rings is 1. The summed E-state index contributed by atoms with van der Waals surface area (Å²) < 4.78 is 10.2. The molecule has 0 aromatic heterocycles. The van der Waals surface area contributed by atoms with Gasteiger partial charge in [0.15, 0.2) is 6.61 Å². The highest BCUT2D eigenvalue weighted by Crippen LogP contribution is 2.16. The van der Waals surface area contributed by atoms with E-state index in [1.54, 1.807) is 36.1 Å². The van der Waals surface area contributed by atoms with Gasteiger partial charge in [0.25, 0.3) is 0 Å². The van der Waals surface area contributed by atoms with Gasteiger partial charge in [0.2, 0.25) is 11.7 Å². The van der Waals surface area contributed by atoms with Crippen LogP contribution in [-0.2, 0) is 19.1 Å². The number of aliphatic imine (C=N–C) groups is 1. The third-order valence-electron chi connectivity index (χ3n) is 4.41. The molecule has 0 atom stereocenters. The van der Waals surface area contributed by atoms with Crippen molar-refractivity contribution in [1.29, 1.82) is 0 Å². The Balaban J connectivity index is 2.01. The Morgan fingerprint density at radius 3 is 2.70 bits per heavy atom. The average molecular weight is 437 g/mol. The van der Waals surface area contributed by atoms with Gasteiger partial charge in [0, 0.05) is 24.4 Å². The number of hydrogen-bond acceptors (Lipinski definition) is 7. The number of rotatable bonds is 9. The molecular weight excluding hydrogens is 412 g/mol. The molecule has 1 fully saturated rings. The van der Waals surface area contributed by atoms with Crippen molar-refractivity contribution >= 4 is 35.1 Å². The minimum atomic E-state index is -0.849. The first kappa shape index (κ1) is 23.4. The van der Waals surface area contributed by atoms with Crippen molar-refractivity contribution in [3.8, 4) is 0 Å². The zero-order valence-corrected chi connectivity index (χ0v) is 17.5. The normalized spacial score (nSPS) is 15.6. The Morgan fingerprint density at radius 1 is 1.30 bits per heavy atom. The van der Waals surface area contributed by atoms with E-state index in [1.807, 2.05) is 0 Å². The van der Waals surface area contributed by atoms with Crippen molar-refractivity contribution in [3.63, 3.8) is 0 Å². The molecule has 0 saturated carbocycles. The summed E-state index contributed by atoms with van der Waals surface area (Å²) in [5.41, 5.74) is 12.2. The Morgan fingerprint density at radius 2 is 2.03 bits per heavy atom. The zero-order chi connectivity index (χ0) is 22.1. The summed E-state index contributed by atoms with van der Waals surface area (Å²) in [5.74, 6) is -1.54. The molecule has 1 aliphatic rings. The van der Waals surface area contributed by atoms with E-state index in [0.29, 0.717) is 26.1 Å². The van der Waals surface area contributed by atoms with Gasteiger partial charge in [-0.25, -0.2) is 4.79 Å². The van der Waals surface area contributed by atoms with Crippen LogP contribution in [0.5, 0.6) is 0 Å². The van der Waals surface area contributed by atoms with E-state index in [1.165, 1.54) is 0 Å². The predicted octanol–water partition coefficient (Wildman–Crippen LogP) is 0.905. The molecule has 1 aromatic rings. The molecule has 0 unspecified atom stereocenters. The lowest BCUT2D eigenvalue weighted by Gasteiger charge is -2.26. The summed E-state index contributed by atoms with van der Waals surface area (Å²) in [5, 5.41) is 0.265. The number of nitrogens with zero attached hydrogens (tertiary/aromatic N) is 2. The fraction of sp³-hybridized carbons (Fsp3) is 0.400. The van der Waals surface area contributed by atoms with E-state index in [9.17, 15) is 14.4 Å². The van der Waals surface area contributed by atoms with E-state index in [-0.39, 0.29) is 46.8 Å². The molecule has 4 N–H and O–H groups in total. The highest BCUT2D eigenvalue weighted by molar-refractivity contribution is 6.34. The molecule has 162 valence electrons. The number of ketones is 1. The van der Waals surface area contributed by atoms with Gasteiger partial charge in [-0.05, 0) is 18.6 Å². The van der Waals surface area contributed by atoms with Gasteiger partial charge in [-0.2, -0.15) is 0 Å². The second kappa shape index (κ2) is 11.3. The molecule has 0 aliphatic carbocycles. The number of Topliss-reactive ketones (excluding diaryl/α,β-unsaturated/α-hetero) is 1. The molecule has 1 aliphatic heterocycles. The van der Waals surface area contributed by atoms with Crippen LogP contribution in [-0.4, -0.2) is 67.9 Å². The highest BCUT2D eigenvalue weighted by Gasteiger charge is 2.22. The monoisotopic (exact) mass is 436 g/mol. The number of amidine groups is 1. The first-order valence-corrected chi connectivity index (χ1v) is 9.82. The topological polar surface area (TPSA) is 137 Å². The average Bonchev–Trinajstić information content (AvgIpc) is 2.73. The molecule has 10 heteroatoms. The Bertz CT molecular complexity index is 869. The molecule has 1 aromatic carbocycles. The molecule has 1 heterocycles. The van der Waals surface area contributed by atoms with Crippen LogP contribution >= 0.6 is 11.6 Å². The van der Waals surface area contributed by atoms with Gasteiger partial charge in [0.05, 0.1) is 18.2 Å². The molecule has 30 heavy (non-hydrogen) atoms. The van der Waals surface area contributed by atoms with E-state index in [2.05, 4.69) is 4.99 Å². The third-order valence-corrected chi connectivity index (χ3v) is 4.74. The van der Waals surface area contributed by atoms with E-state index >= 15 is 0 Å². The number of carbonyl (C=O) groups excluding carboxylic acids is 3. The second-order valence-corrected chi connectivity index (χ2v) is 6.84. The third kappa shape index (κ3) is 6.30. The molecule has 0 bridgehead atoms. The van der Waals surface area contributed by atoms with Gasteiger partial charge in [-0.1, -0.05) is 30.7 Å². The maximum Gasteiger partial charge on any atom is 0.344 e. The van der Waals surface area contributed by atoms with Crippen LogP contribution in [0.25, 0.3) is 0 Å². The maximum absolute atomic E-state index is 12.5. The number of morpholine rings is 1. The Kier molecular flexibility index (Phi) is 8.82. The van der Waals surface area contributed by atoms with Crippen molar-refractivity contribution in [3.05, 3.63) is 46.1 Å². The standard InChI is InChI=1S/C20H25ClN4O5/c1-2-15(22)18(19(23)24-7-8-25-9-10-29-12-17(25)27)20(28)30-11-16(26)13-5-3-4-6-14(13)21/h3-6H,2,7-12,22H2,1H3,(H2,23,24)/b18-15+. The highest BCUT2D eigenvalue weighted by atomic mass is 35.5. The van der Waals surface area contributed by atoms with E-state index < -0.39 is 18.4 Å². The van der Waals surface area contributed by atoms with E-state index in [4.69, 9.17) is 32.5 Å². The summed E-state index contributed by atoms with van der Waals surface area (Å²) in [7, 11) is 0. The van der Waals surface area contributed by atoms with E-state index in [0.717, 1.165) is 0 Å². The summed E-state index contributed by atoms with van der Waals surface area (Å²) in [6.45, 7) is 2.73. The minimum absolute atomic E-state index is 0.0406. The number of ether oxygens (including phenoxy) is 2. The Labute approximate surface area is 179 Å². The number of hydrogen-bond donors (Lipinski definition) is 2. The van der Waals surface area contributed by atoms with Gasteiger partial charge < -0.3 is 25.8 Å². The number of halogens is 1. The quantitative estimate of drug-likeness (QED) is 0.193. The summed E-state index contributed by atoms with van der Waals surface area (Å²) in [6.07, 6.45) is 0.334. The Hall–Kier alpha value is -2.91. The molecular formula is C20H25ClN4O5. The lowest BCUT2D eigenvalue weighted by Crippen LogP contribution is -2.43. The van der Waals surface area contributed by atoms with Crippen LogP contribution in [0.15, 0.2) is 40.5 Å². The lowest BCUT2D eigenvalue weighted by atomic mass is 10.1. The van der Waals surface area contributed by atoms with Crippen molar-refractivity contribution in [2.24, 2.45) is 16.5 Å². The predicted molar refractivity (Wildman–Crippen MR) is 112 cm³/mol. The number of amides is 1. The first-order valence-electron chi connectivity index (χ1n) is 9.44. The first-order chi connectivity index (χ1) is 14.3. The van der Waals surface area contributed by atoms with Gasteiger partial charge >= 0.3 is 5.97 Å². The number of allylic oxidation sites excluding steroid dienone is 1. The maximum atomic E-state index is 12.5. The van der Waals surface area contributed by atoms with Crippen LogP contribution in [0.3, 0.4) is 0 Å². The van der Waals surface area contributed by atoms with Crippen LogP contribution in [0.1, 0.15) is 23.7 Å². The van der Waals surface area contributed by atoms with Crippen LogP contribution < -0.4 is 11.5 Å². The van der Waals surface area contributed by atoms with Gasteiger partial charge in [0.1, 0.15) is 18.0 Å². The van der Waals surface area contributed by atoms with Crippen LogP contribution in [0, 0.1) is 0 Å². The van der Waals surface area contributed by atoms with Crippen LogP contribution in [0.4, 0.5) is 0 Å². The van der Waals surface area contributed by atoms with Crippen molar-refractivity contribution in [2.75, 3.05) is 39.5 Å². The largest absolute Gasteiger partial charge is 0.454 e. The number of esters is 1. The fourth-order valence-corrected chi connectivity index (χ4v) is 2.94. The van der Waals surface area contributed by atoms with Gasteiger partial charge in [-0.3, -0.25) is 14.6 Å². The molecule has 1 saturated heterocycles. The lowest BCUT2D eigenvalue weighted by molar-refractivity contribution is -0.142.